The van der Waals surface area contributed by atoms with Gasteiger partial charge in [-0.2, -0.15) is 13.2 Å². The topological polar surface area (TPSA) is 104 Å². The summed E-state index contributed by atoms with van der Waals surface area (Å²) in [4.78, 5) is 46.2. The number of rotatable bonds is 3. The predicted molar refractivity (Wildman–Crippen MR) is 103 cm³/mol. The van der Waals surface area contributed by atoms with Crippen LogP contribution in [0.15, 0.2) is 29.9 Å². The average molecular weight is 456 g/mol. The SMILES string of the molecule is Cc1nc(CN2C(=O)C[C@@H]3[C@@H]2CCN3C(=O)c2ccncc2)cs1.O=C(O)C(F)(F)F. The lowest BCUT2D eigenvalue weighted by Gasteiger charge is -2.25. The van der Waals surface area contributed by atoms with Gasteiger partial charge in [-0.15, -0.1) is 11.3 Å². The van der Waals surface area contributed by atoms with Crippen LogP contribution in [0.25, 0.3) is 0 Å². The summed E-state index contributed by atoms with van der Waals surface area (Å²) in [7, 11) is 0. The second kappa shape index (κ2) is 9.00. The molecule has 12 heteroatoms. The number of halogens is 3. The van der Waals surface area contributed by atoms with E-state index in [1.54, 1.807) is 35.9 Å². The first-order valence-corrected chi connectivity index (χ1v) is 10.2. The molecule has 2 aliphatic heterocycles. The summed E-state index contributed by atoms with van der Waals surface area (Å²) in [5.74, 6) is -2.65. The highest BCUT2D eigenvalue weighted by Crippen LogP contribution is 2.34. The molecule has 0 radical (unpaired) electrons. The average Bonchev–Trinajstić information content (AvgIpc) is 3.39. The van der Waals surface area contributed by atoms with Gasteiger partial charge in [-0.25, -0.2) is 9.78 Å². The molecule has 4 rings (SSSR count). The van der Waals surface area contributed by atoms with Crippen molar-refractivity contribution in [3.63, 3.8) is 0 Å². The summed E-state index contributed by atoms with van der Waals surface area (Å²) in [6, 6.07) is 3.52. The molecule has 0 bridgehead atoms. The van der Waals surface area contributed by atoms with E-state index in [-0.39, 0.29) is 23.9 Å². The van der Waals surface area contributed by atoms with E-state index in [1.165, 1.54) is 0 Å². The third-order valence-electron chi connectivity index (χ3n) is 5.04. The Balaban J connectivity index is 0.000000339. The molecule has 2 atom stereocenters. The first-order valence-electron chi connectivity index (χ1n) is 9.29. The molecule has 0 aliphatic carbocycles. The fourth-order valence-electron chi connectivity index (χ4n) is 3.70. The maximum Gasteiger partial charge on any atom is 0.490 e. The van der Waals surface area contributed by atoms with Gasteiger partial charge in [-0.1, -0.05) is 0 Å². The molecule has 2 aliphatic rings. The number of carboxylic acids is 1. The second-order valence-corrected chi connectivity index (χ2v) is 8.11. The van der Waals surface area contributed by atoms with Gasteiger partial charge < -0.3 is 14.9 Å². The number of pyridine rings is 1. The largest absolute Gasteiger partial charge is 0.490 e. The third-order valence-corrected chi connectivity index (χ3v) is 5.87. The summed E-state index contributed by atoms with van der Waals surface area (Å²) in [5.41, 5.74) is 1.57. The van der Waals surface area contributed by atoms with Gasteiger partial charge >= 0.3 is 12.1 Å². The van der Waals surface area contributed by atoms with Crippen LogP contribution in [0.4, 0.5) is 13.2 Å². The van der Waals surface area contributed by atoms with Gasteiger partial charge in [-0.3, -0.25) is 14.6 Å². The summed E-state index contributed by atoms with van der Waals surface area (Å²) < 4.78 is 31.7. The number of likely N-dealkylation sites (tertiary alicyclic amines) is 2. The standard InChI is InChI=1S/C17H18N4O2S.C2HF3O2/c1-11-19-13(10-24-11)9-21-14-4-7-20(15(14)8-16(21)22)17(23)12-2-5-18-6-3-12;3-2(4,5)1(6)7/h2-3,5-6,10,14-15H,4,7-9H2,1H3;(H,6,7)/t14-,15+;/m0./s1. The van der Waals surface area contributed by atoms with Crippen molar-refractivity contribution in [2.24, 2.45) is 0 Å². The Morgan fingerprint density at radius 1 is 1.26 bits per heavy atom. The zero-order valence-corrected chi connectivity index (χ0v) is 17.2. The quantitative estimate of drug-likeness (QED) is 0.761. The number of carbonyl (C=O) groups excluding carboxylic acids is 2. The molecule has 2 amide bonds. The molecule has 31 heavy (non-hydrogen) atoms. The van der Waals surface area contributed by atoms with Crippen molar-refractivity contribution in [2.45, 2.75) is 44.6 Å². The van der Waals surface area contributed by atoms with Crippen LogP contribution in [0.5, 0.6) is 0 Å². The highest BCUT2D eigenvalue weighted by molar-refractivity contribution is 7.09. The molecular weight excluding hydrogens is 437 g/mol. The van der Waals surface area contributed by atoms with Crippen molar-refractivity contribution in [2.75, 3.05) is 6.54 Å². The van der Waals surface area contributed by atoms with Crippen molar-refractivity contribution >= 4 is 29.1 Å². The fraction of sp³-hybridized carbons (Fsp3) is 0.421. The van der Waals surface area contributed by atoms with Crippen LogP contribution >= 0.6 is 11.3 Å². The highest BCUT2D eigenvalue weighted by atomic mass is 32.1. The number of fused-ring (bicyclic) bond motifs is 1. The van der Waals surface area contributed by atoms with E-state index in [1.807, 2.05) is 22.1 Å². The number of hydrogen-bond donors (Lipinski definition) is 1. The Morgan fingerprint density at radius 2 is 1.90 bits per heavy atom. The summed E-state index contributed by atoms with van der Waals surface area (Å²) in [5, 5.41) is 10.1. The maximum absolute atomic E-state index is 12.7. The molecule has 2 saturated heterocycles. The number of carboxylic acid groups (broad SMARTS) is 1. The number of aromatic nitrogens is 2. The minimum atomic E-state index is -5.08. The highest BCUT2D eigenvalue weighted by Gasteiger charge is 2.48. The van der Waals surface area contributed by atoms with Gasteiger partial charge in [-0.05, 0) is 25.5 Å². The lowest BCUT2D eigenvalue weighted by molar-refractivity contribution is -0.192. The van der Waals surface area contributed by atoms with E-state index >= 15 is 0 Å². The van der Waals surface area contributed by atoms with Gasteiger partial charge in [0.1, 0.15) is 0 Å². The van der Waals surface area contributed by atoms with E-state index in [2.05, 4.69) is 9.97 Å². The Hall–Kier alpha value is -3.02. The maximum atomic E-state index is 12.7. The zero-order valence-electron chi connectivity index (χ0n) is 16.4. The van der Waals surface area contributed by atoms with Crippen LogP contribution in [0.1, 0.15) is 33.9 Å². The fourth-order valence-corrected chi connectivity index (χ4v) is 4.31. The monoisotopic (exact) mass is 456 g/mol. The Bertz CT molecular complexity index is 967. The first kappa shape index (κ1) is 22.7. The van der Waals surface area contributed by atoms with Crippen molar-refractivity contribution in [3.8, 4) is 0 Å². The molecular formula is C19H19F3N4O4S. The molecule has 2 aromatic rings. The van der Waals surface area contributed by atoms with Crippen molar-refractivity contribution in [1.82, 2.24) is 19.8 Å². The first-order chi connectivity index (χ1) is 14.6. The number of nitrogens with zero attached hydrogens (tertiary/aromatic N) is 4. The number of alkyl halides is 3. The lowest BCUT2D eigenvalue weighted by Crippen LogP contribution is -2.39. The number of thiazole rings is 1. The molecule has 0 aromatic carbocycles. The van der Waals surface area contributed by atoms with E-state index in [4.69, 9.17) is 9.90 Å². The Morgan fingerprint density at radius 3 is 2.45 bits per heavy atom. The molecule has 2 fully saturated rings. The second-order valence-electron chi connectivity index (χ2n) is 7.04. The third kappa shape index (κ3) is 5.19. The van der Waals surface area contributed by atoms with E-state index in [9.17, 15) is 22.8 Å². The summed E-state index contributed by atoms with van der Waals surface area (Å²) >= 11 is 1.60. The number of aliphatic carboxylic acids is 1. The molecule has 0 unspecified atom stereocenters. The predicted octanol–water partition coefficient (Wildman–Crippen LogP) is 2.50. The zero-order chi connectivity index (χ0) is 22.8. The minimum Gasteiger partial charge on any atom is -0.475 e. The van der Waals surface area contributed by atoms with Gasteiger partial charge in [0.2, 0.25) is 5.91 Å². The van der Waals surface area contributed by atoms with Crippen LogP contribution in [0.2, 0.25) is 0 Å². The molecule has 0 saturated carbocycles. The van der Waals surface area contributed by atoms with Crippen LogP contribution in [-0.4, -0.2) is 67.5 Å². The van der Waals surface area contributed by atoms with Crippen LogP contribution in [-0.2, 0) is 16.1 Å². The molecule has 0 spiro atoms. The Kier molecular flexibility index (Phi) is 6.58. The van der Waals surface area contributed by atoms with Gasteiger partial charge in [0.25, 0.3) is 5.91 Å². The van der Waals surface area contributed by atoms with E-state index in [0.717, 1.165) is 17.1 Å². The van der Waals surface area contributed by atoms with E-state index < -0.39 is 12.1 Å². The summed E-state index contributed by atoms with van der Waals surface area (Å²) in [6.07, 6.45) is -0.601. The van der Waals surface area contributed by atoms with Crippen LogP contribution in [0, 0.1) is 6.92 Å². The van der Waals surface area contributed by atoms with Gasteiger partial charge in [0, 0.05) is 36.3 Å². The molecule has 4 heterocycles. The number of carbonyl (C=O) groups is 3. The minimum absolute atomic E-state index is 0.0101. The lowest BCUT2D eigenvalue weighted by atomic mass is 10.1. The normalized spacial score (nSPS) is 20.3. The van der Waals surface area contributed by atoms with Crippen LogP contribution in [0.3, 0.4) is 0 Å². The van der Waals surface area contributed by atoms with Gasteiger partial charge in [0.15, 0.2) is 0 Å². The Labute approximate surface area is 179 Å². The molecule has 8 nitrogen and oxygen atoms in total. The van der Waals surface area contributed by atoms with Crippen LogP contribution < -0.4 is 0 Å². The number of aryl methyl sites for hydroxylation is 1. The van der Waals surface area contributed by atoms with Gasteiger partial charge in [0.05, 0.1) is 29.3 Å². The smallest absolute Gasteiger partial charge is 0.475 e. The molecule has 166 valence electrons. The van der Waals surface area contributed by atoms with E-state index in [0.29, 0.717) is 25.1 Å². The number of amides is 2. The summed E-state index contributed by atoms with van der Waals surface area (Å²) in [6.45, 7) is 3.20. The van der Waals surface area contributed by atoms with Crippen molar-refractivity contribution < 1.29 is 32.7 Å². The molecule has 2 aromatic heterocycles. The van der Waals surface area contributed by atoms with Crippen molar-refractivity contribution in [1.29, 1.82) is 0 Å². The van der Waals surface area contributed by atoms with Crippen molar-refractivity contribution in [3.05, 3.63) is 46.2 Å². The number of hydrogen-bond acceptors (Lipinski definition) is 6. The molecule has 1 N–H and O–H groups in total.